The van der Waals surface area contributed by atoms with Gasteiger partial charge in [-0.1, -0.05) is 30.4 Å². The molecular formula is C11H16NO3PS. The number of para-hydroxylation sites is 1. The van der Waals surface area contributed by atoms with E-state index in [1.165, 1.54) is 0 Å². The molecule has 6 heteroatoms. The van der Waals surface area contributed by atoms with Crippen LogP contribution in [0.3, 0.4) is 0 Å². The molecule has 1 rings (SSSR count). The SMILES string of the molecule is CCOP(=O)(OCC)C(=S)Nc1ccccc1. The molecular weight excluding hydrogens is 257 g/mol. The molecule has 0 bridgehead atoms. The van der Waals surface area contributed by atoms with Crippen LogP contribution in [0.5, 0.6) is 0 Å². The summed E-state index contributed by atoms with van der Waals surface area (Å²) >= 11 is 5.08. The highest BCUT2D eigenvalue weighted by Crippen LogP contribution is 2.49. The normalized spacial score (nSPS) is 11.2. The molecule has 0 atom stereocenters. The first-order valence-corrected chi connectivity index (χ1v) is 7.33. The van der Waals surface area contributed by atoms with Crippen molar-refractivity contribution in [2.75, 3.05) is 18.5 Å². The lowest BCUT2D eigenvalue weighted by Gasteiger charge is -2.18. The Hall–Kier alpha value is -0.740. The fourth-order valence-electron chi connectivity index (χ4n) is 1.21. The maximum Gasteiger partial charge on any atom is 0.388 e. The third kappa shape index (κ3) is 4.21. The van der Waals surface area contributed by atoms with Crippen LogP contribution < -0.4 is 5.32 Å². The van der Waals surface area contributed by atoms with Gasteiger partial charge in [-0.05, 0) is 26.0 Å². The van der Waals surface area contributed by atoms with E-state index >= 15 is 0 Å². The van der Waals surface area contributed by atoms with E-state index in [4.69, 9.17) is 21.3 Å². The van der Waals surface area contributed by atoms with Gasteiger partial charge >= 0.3 is 7.60 Å². The van der Waals surface area contributed by atoms with Crippen molar-refractivity contribution in [2.45, 2.75) is 13.8 Å². The van der Waals surface area contributed by atoms with Crippen LogP contribution in [0.25, 0.3) is 0 Å². The third-order valence-corrected chi connectivity index (χ3v) is 4.45. The minimum Gasteiger partial charge on any atom is -0.340 e. The molecule has 0 unspecified atom stereocenters. The molecule has 0 aromatic heterocycles. The summed E-state index contributed by atoms with van der Waals surface area (Å²) in [5, 5.41) is 2.87. The highest BCUT2D eigenvalue weighted by Gasteiger charge is 2.30. The summed E-state index contributed by atoms with van der Waals surface area (Å²) in [7, 11) is -3.36. The molecule has 0 aliphatic heterocycles. The quantitative estimate of drug-likeness (QED) is 0.633. The lowest BCUT2D eigenvalue weighted by atomic mass is 10.3. The zero-order chi connectivity index (χ0) is 12.7. The topological polar surface area (TPSA) is 47.6 Å². The second kappa shape index (κ2) is 6.87. The largest absolute Gasteiger partial charge is 0.388 e. The van der Waals surface area contributed by atoms with Crippen LogP contribution in [0.4, 0.5) is 5.69 Å². The first-order chi connectivity index (χ1) is 8.12. The zero-order valence-electron chi connectivity index (χ0n) is 9.88. The van der Waals surface area contributed by atoms with Crippen LogP contribution in [0, 0.1) is 0 Å². The average Bonchev–Trinajstić information content (AvgIpc) is 2.31. The van der Waals surface area contributed by atoms with Gasteiger partial charge in [0, 0.05) is 5.69 Å². The number of rotatable bonds is 6. The Labute approximate surface area is 107 Å². The molecule has 0 saturated heterocycles. The Balaban J connectivity index is 2.76. The van der Waals surface area contributed by atoms with E-state index in [0.717, 1.165) is 5.69 Å². The van der Waals surface area contributed by atoms with Gasteiger partial charge < -0.3 is 14.4 Å². The summed E-state index contributed by atoms with van der Waals surface area (Å²) in [6.45, 7) is 4.06. The van der Waals surface area contributed by atoms with Crippen molar-refractivity contribution in [3.8, 4) is 0 Å². The number of hydrogen-bond acceptors (Lipinski definition) is 4. The summed E-state index contributed by atoms with van der Waals surface area (Å²) in [5.41, 5.74) is 0.761. The Bertz CT molecular complexity index is 400. The summed E-state index contributed by atoms with van der Waals surface area (Å²) in [6.07, 6.45) is 0. The van der Waals surface area contributed by atoms with Crippen molar-refractivity contribution in [1.29, 1.82) is 0 Å². The minimum absolute atomic E-state index is 0.0902. The van der Waals surface area contributed by atoms with Crippen molar-refractivity contribution < 1.29 is 13.6 Å². The predicted molar refractivity (Wildman–Crippen MR) is 73.5 cm³/mol. The first-order valence-electron chi connectivity index (χ1n) is 5.38. The van der Waals surface area contributed by atoms with E-state index in [1.54, 1.807) is 13.8 Å². The minimum atomic E-state index is -3.36. The summed E-state index contributed by atoms with van der Waals surface area (Å²) in [4.78, 5) is 0. The molecule has 0 saturated carbocycles. The molecule has 1 N–H and O–H groups in total. The van der Waals surface area contributed by atoms with Crippen LogP contribution in [0.2, 0.25) is 0 Å². The van der Waals surface area contributed by atoms with Crippen molar-refractivity contribution in [3.05, 3.63) is 30.3 Å². The molecule has 1 aromatic carbocycles. The number of thiocarbonyl (C=S) groups is 1. The molecule has 0 fully saturated rings. The van der Waals surface area contributed by atoms with Gasteiger partial charge in [0.05, 0.1) is 13.2 Å². The first kappa shape index (κ1) is 14.3. The molecule has 0 amide bonds. The maximum atomic E-state index is 12.3. The smallest absolute Gasteiger partial charge is 0.340 e. The van der Waals surface area contributed by atoms with Crippen LogP contribution in [-0.2, 0) is 13.6 Å². The molecule has 1 aromatic rings. The zero-order valence-corrected chi connectivity index (χ0v) is 11.6. The van der Waals surface area contributed by atoms with E-state index < -0.39 is 7.60 Å². The van der Waals surface area contributed by atoms with E-state index in [0.29, 0.717) is 0 Å². The van der Waals surface area contributed by atoms with Gasteiger partial charge in [-0.3, -0.25) is 4.57 Å². The molecule has 4 nitrogen and oxygen atoms in total. The van der Waals surface area contributed by atoms with Gasteiger partial charge in [0.1, 0.15) is 0 Å². The number of hydrogen-bond donors (Lipinski definition) is 1. The Morgan fingerprint density at radius 2 is 1.76 bits per heavy atom. The van der Waals surface area contributed by atoms with Gasteiger partial charge in [0.25, 0.3) is 0 Å². The molecule has 94 valence electrons. The molecule has 0 aliphatic rings. The number of anilines is 1. The van der Waals surface area contributed by atoms with Crippen molar-refractivity contribution >= 4 is 30.2 Å². The van der Waals surface area contributed by atoms with Crippen LogP contribution >= 0.6 is 19.8 Å². The van der Waals surface area contributed by atoms with Crippen LogP contribution in [0.15, 0.2) is 30.3 Å². The lowest BCUT2D eigenvalue weighted by Crippen LogP contribution is -2.13. The molecule has 0 radical (unpaired) electrons. The fourth-order valence-corrected chi connectivity index (χ4v) is 2.90. The predicted octanol–water partition coefficient (Wildman–Crippen LogP) is 3.65. The van der Waals surface area contributed by atoms with E-state index in [1.807, 2.05) is 30.3 Å². The molecule has 0 aliphatic carbocycles. The van der Waals surface area contributed by atoms with Gasteiger partial charge in [-0.15, -0.1) is 0 Å². The Kier molecular flexibility index (Phi) is 5.78. The van der Waals surface area contributed by atoms with Gasteiger partial charge in [-0.25, -0.2) is 0 Å². The third-order valence-electron chi connectivity index (χ3n) is 1.87. The second-order valence-corrected chi connectivity index (χ2v) is 5.80. The Morgan fingerprint density at radius 1 is 1.24 bits per heavy atom. The van der Waals surface area contributed by atoms with Gasteiger partial charge in [0.15, 0.2) is 4.73 Å². The monoisotopic (exact) mass is 273 g/mol. The highest BCUT2D eigenvalue weighted by molar-refractivity contribution is 7.98. The van der Waals surface area contributed by atoms with Gasteiger partial charge in [0.2, 0.25) is 0 Å². The van der Waals surface area contributed by atoms with E-state index in [9.17, 15) is 4.57 Å². The average molecular weight is 273 g/mol. The molecule has 0 spiro atoms. The van der Waals surface area contributed by atoms with E-state index in [-0.39, 0.29) is 17.9 Å². The van der Waals surface area contributed by atoms with E-state index in [2.05, 4.69) is 5.32 Å². The van der Waals surface area contributed by atoms with Crippen LogP contribution in [-0.4, -0.2) is 17.9 Å². The summed E-state index contributed by atoms with van der Waals surface area (Å²) < 4.78 is 22.6. The number of benzene rings is 1. The molecule has 0 heterocycles. The van der Waals surface area contributed by atoms with Crippen molar-refractivity contribution in [1.82, 2.24) is 0 Å². The second-order valence-electron chi connectivity index (χ2n) is 3.13. The highest BCUT2D eigenvalue weighted by atomic mass is 32.1. The van der Waals surface area contributed by atoms with Gasteiger partial charge in [-0.2, -0.15) is 0 Å². The summed E-state index contributed by atoms with van der Waals surface area (Å²) in [6, 6.07) is 9.26. The van der Waals surface area contributed by atoms with Crippen molar-refractivity contribution in [3.63, 3.8) is 0 Å². The standard InChI is InChI=1S/C11H16NO3PS/c1-3-14-16(13,15-4-2)11(17)12-10-8-6-5-7-9-10/h5-9H,3-4H2,1-2H3,(H,12,17). The molecule has 17 heavy (non-hydrogen) atoms. The maximum absolute atomic E-state index is 12.3. The Morgan fingerprint density at radius 3 is 2.24 bits per heavy atom. The lowest BCUT2D eigenvalue weighted by molar-refractivity contribution is 0.233. The fraction of sp³-hybridized carbons (Fsp3) is 0.364. The van der Waals surface area contributed by atoms with Crippen molar-refractivity contribution in [2.24, 2.45) is 0 Å². The summed E-state index contributed by atoms with van der Waals surface area (Å²) in [5.74, 6) is 0. The number of nitrogens with one attached hydrogen (secondary N) is 1. The van der Waals surface area contributed by atoms with Crippen LogP contribution in [0.1, 0.15) is 13.8 Å².